The van der Waals surface area contributed by atoms with E-state index in [-0.39, 0.29) is 23.8 Å². The first-order valence-electron chi connectivity index (χ1n) is 16.1. The van der Waals surface area contributed by atoms with Crippen molar-refractivity contribution >= 4 is 62.1 Å². The van der Waals surface area contributed by atoms with Crippen LogP contribution in [0.15, 0.2) is 28.9 Å². The highest BCUT2D eigenvalue weighted by atomic mass is 79.9. The molecule has 7 N–H and O–H groups in total. The second-order valence-corrected chi connectivity index (χ2v) is 12.6. The fourth-order valence-electron chi connectivity index (χ4n) is 5.53. The minimum atomic E-state index is -5.08. The van der Waals surface area contributed by atoms with E-state index in [4.69, 9.17) is 41.2 Å². The number of halogens is 10. The third-order valence-corrected chi connectivity index (χ3v) is 8.96. The van der Waals surface area contributed by atoms with Crippen LogP contribution in [0.5, 0.6) is 0 Å². The van der Waals surface area contributed by atoms with E-state index < -0.39 is 42.5 Å². The number of aliphatic carboxylic acids is 3. The number of alkyl halides is 9. The summed E-state index contributed by atoms with van der Waals surface area (Å²) in [5, 5.41) is 22.5. The van der Waals surface area contributed by atoms with Crippen LogP contribution < -0.4 is 11.5 Å². The van der Waals surface area contributed by atoms with Gasteiger partial charge in [0, 0.05) is 31.1 Å². The number of aromatic nitrogens is 1. The van der Waals surface area contributed by atoms with Crippen molar-refractivity contribution in [2.24, 2.45) is 17.4 Å². The predicted octanol–water partition coefficient (Wildman–Crippen LogP) is 5.14. The number of nitrogens with zero attached hydrogens (tertiary/aromatic N) is 3. The van der Waals surface area contributed by atoms with Gasteiger partial charge in [0.2, 0.25) is 11.8 Å². The molecule has 0 bridgehead atoms. The molecule has 0 radical (unpaired) electrons. The summed E-state index contributed by atoms with van der Waals surface area (Å²) in [5.41, 5.74) is 16.2. The van der Waals surface area contributed by atoms with Crippen molar-refractivity contribution in [2.45, 2.75) is 70.1 Å². The van der Waals surface area contributed by atoms with Crippen molar-refractivity contribution < 1.29 is 78.8 Å². The largest absolute Gasteiger partial charge is 0.490 e. The predicted molar refractivity (Wildman–Crippen MR) is 182 cm³/mol. The first kappa shape index (κ1) is 48.8. The molecule has 55 heavy (non-hydrogen) atoms. The molecule has 310 valence electrons. The Morgan fingerprint density at radius 3 is 1.78 bits per heavy atom. The number of hydrogen-bond donors (Lipinski definition) is 5. The topological polar surface area (TPSA) is 209 Å². The quantitative estimate of drug-likeness (QED) is 0.173. The van der Waals surface area contributed by atoms with Gasteiger partial charge in [0.05, 0.1) is 22.1 Å². The summed E-state index contributed by atoms with van der Waals surface area (Å²) in [6.07, 6.45) is -9.98. The van der Waals surface area contributed by atoms with E-state index in [2.05, 4.69) is 40.0 Å². The molecule has 13 nitrogen and oxygen atoms in total. The molecule has 2 heterocycles. The molecule has 1 aromatic carbocycles. The molecule has 0 spiro atoms. The van der Waals surface area contributed by atoms with Crippen LogP contribution in [0, 0.1) is 5.92 Å². The number of likely N-dealkylation sites (N-methyl/N-ethyl adjacent to an activating group) is 1. The summed E-state index contributed by atoms with van der Waals surface area (Å²) in [4.78, 5) is 57.5. The number of nitrogens with two attached hydrogens (primary N) is 2. The molecule has 1 aromatic heterocycles. The molecule has 0 fully saturated rings. The number of unbranched alkanes of at least 4 members (excludes halogenated alkanes) is 1. The summed E-state index contributed by atoms with van der Waals surface area (Å²) in [5.74, 6) is -8.36. The van der Waals surface area contributed by atoms with Gasteiger partial charge < -0.3 is 31.7 Å². The summed E-state index contributed by atoms with van der Waals surface area (Å²) >= 11 is 3.75. The van der Waals surface area contributed by atoms with Crippen LogP contribution in [0.4, 0.5) is 39.5 Å². The lowest BCUT2D eigenvalue weighted by molar-refractivity contribution is -0.193. The third kappa shape index (κ3) is 13.2. The normalized spacial score (nSPS) is 17.1. The molecule has 0 unspecified atom stereocenters. The standard InChI is InChI=1S/C26H36BrN5O2.3C2HF3O2/c1-4-31(5-2)25(33)16-13-18-17-9-8-11-21-23(17)19(14-22(18)30(3)15-16)24(27)32(21)26(34)20(29)10-6-7-12-28;3*3-2(4,5)1(6)7/h8-9,11,13,16,20,22H,4-7,10,12,14-15,28-29H2,1-3H3;3*(H,6,7)/t16-,20+,22-;;;/m1.../s1. The Morgan fingerprint density at radius 1 is 0.891 bits per heavy atom. The van der Waals surface area contributed by atoms with Crippen LogP contribution >= 0.6 is 15.9 Å². The minimum Gasteiger partial charge on any atom is -0.475 e. The molecule has 1 aliphatic carbocycles. The van der Waals surface area contributed by atoms with Crippen LogP contribution in [0.1, 0.15) is 49.0 Å². The Morgan fingerprint density at radius 2 is 1.36 bits per heavy atom. The fourth-order valence-corrected chi connectivity index (χ4v) is 6.26. The SMILES string of the molecule is CCN(CC)C(=O)[C@@H]1C=C2c3cccc4c3c(c(Br)n4C(=O)[C@@H](N)CCCCN)C[C@H]2N(C)C1.O=C(O)C(F)(F)F.O=C(O)C(F)(F)F.O=C(O)C(F)(F)F. The van der Waals surface area contributed by atoms with Gasteiger partial charge in [-0.2, -0.15) is 39.5 Å². The lowest BCUT2D eigenvalue weighted by Gasteiger charge is -2.40. The zero-order valence-electron chi connectivity index (χ0n) is 29.4. The number of carbonyl (C=O) groups excluding carboxylic acids is 2. The zero-order valence-corrected chi connectivity index (χ0v) is 30.9. The van der Waals surface area contributed by atoms with Crippen LogP contribution in [-0.2, 0) is 25.6 Å². The number of benzene rings is 1. The van der Waals surface area contributed by atoms with Gasteiger partial charge in [-0.3, -0.25) is 19.1 Å². The first-order chi connectivity index (χ1) is 25.2. The summed E-state index contributed by atoms with van der Waals surface area (Å²) in [6, 6.07) is 5.69. The average molecular weight is 873 g/mol. The van der Waals surface area contributed by atoms with Crippen LogP contribution in [-0.4, -0.2) is 123 Å². The fraction of sp³-hybridized carbons (Fsp3) is 0.531. The number of carboxylic acid groups (broad SMARTS) is 3. The molecule has 0 saturated heterocycles. The number of fused-ring (bicyclic) bond motifs is 2. The molecule has 2 aliphatic rings. The van der Waals surface area contributed by atoms with Crippen LogP contribution in [0.25, 0.3) is 16.5 Å². The highest BCUT2D eigenvalue weighted by Gasteiger charge is 2.41. The molecule has 0 saturated carbocycles. The van der Waals surface area contributed by atoms with Gasteiger partial charge in [0.1, 0.15) is 0 Å². The van der Waals surface area contributed by atoms with E-state index in [9.17, 15) is 49.1 Å². The van der Waals surface area contributed by atoms with Crippen molar-refractivity contribution in [3.8, 4) is 0 Å². The lowest BCUT2D eigenvalue weighted by Crippen LogP contribution is -2.47. The maximum atomic E-state index is 13.4. The molecule has 2 aromatic rings. The molecule has 3 atom stereocenters. The van der Waals surface area contributed by atoms with Crippen molar-refractivity contribution in [1.29, 1.82) is 0 Å². The number of hydrogen-bond acceptors (Lipinski definition) is 8. The van der Waals surface area contributed by atoms with Gasteiger partial charge in [-0.1, -0.05) is 24.6 Å². The van der Waals surface area contributed by atoms with Crippen molar-refractivity contribution in [3.63, 3.8) is 0 Å². The third-order valence-electron chi connectivity index (χ3n) is 8.12. The van der Waals surface area contributed by atoms with E-state index in [1.54, 1.807) is 4.57 Å². The van der Waals surface area contributed by atoms with Gasteiger partial charge >= 0.3 is 36.4 Å². The second kappa shape index (κ2) is 20.1. The van der Waals surface area contributed by atoms with Crippen LogP contribution in [0.2, 0.25) is 0 Å². The minimum absolute atomic E-state index is 0.0981. The number of amides is 1. The van der Waals surface area contributed by atoms with Gasteiger partial charge in [0.15, 0.2) is 0 Å². The highest BCUT2D eigenvalue weighted by molar-refractivity contribution is 9.10. The molecule has 1 aliphatic heterocycles. The number of rotatable bonds is 8. The summed E-state index contributed by atoms with van der Waals surface area (Å²) in [6.45, 7) is 6.77. The smallest absolute Gasteiger partial charge is 0.475 e. The summed E-state index contributed by atoms with van der Waals surface area (Å²) in [7, 11) is 2.09. The van der Waals surface area contributed by atoms with Crippen molar-refractivity contribution in [2.75, 3.05) is 33.2 Å². The van der Waals surface area contributed by atoms with E-state index in [0.29, 0.717) is 32.6 Å². The maximum Gasteiger partial charge on any atom is 0.490 e. The van der Waals surface area contributed by atoms with Gasteiger partial charge in [0.25, 0.3) is 0 Å². The van der Waals surface area contributed by atoms with Crippen LogP contribution in [0.3, 0.4) is 0 Å². The Balaban J connectivity index is 0.000000588. The first-order valence-corrected chi connectivity index (χ1v) is 16.9. The Labute approximate surface area is 315 Å². The van der Waals surface area contributed by atoms with Gasteiger partial charge in [-0.25, -0.2) is 14.4 Å². The molecule has 4 rings (SSSR count). The monoisotopic (exact) mass is 871 g/mol. The molecule has 1 amide bonds. The Bertz CT molecular complexity index is 1670. The Kier molecular flexibility index (Phi) is 17.8. The maximum absolute atomic E-state index is 13.4. The van der Waals surface area contributed by atoms with E-state index >= 15 is 0 Å². The van der Waals surface area contributed by atoms with E-state index in [1.165, 1.54) is 5.57 Å². The number of carbonyl (C=O) groups is 5. The number of carboxylic acids is 3. The Hall–Kier alpha value is -4.22. The molecular formula is C32H39BrF9N5O8. The zero-order chi connectivity index (χ0) is 42.8. The molecular weight excluding hydrogens is 833 g/mol. The van der Waals surface area contributed by atoms with E-state index in [0.717, 1.165) is 45.9 Å². The van der Waals surface area contributed by atoms with Gasteiger partial charge in [-0.05, 0) is 85.4 Å². The average Bonchev–Trinajstić information content (AvgIpc) is 3.36. The molecule has 23 heteroatoms. The summed E-state index contributed by atoms with van der Waals surface area (Å²) < 4.78 is 97.8. The second-order valence-electron chi connectivity index (χ2n) is 11.8. The van der Waals surface area contributed by atoms with Crippen molar-refractivity contribution in [1.82, 2.24) is 14.4 Å². The van der Waals surface area contributed by atoms with E-state index in [1.807, 2.05) is 30.9 Å². The highest BCUT2D eigenvalue weighted by Crippen LogP contribution is 2.45. The lowest BCUT2D eigenvalue weighted by atomic mass is 9.79. The van der Waals surface area contributed by atoms with Gasteiger partial charge in [-0.15, -0.1) is 0 Å². The van der Waals surface area contributed by atoms with Crippen molar-refractivity contribution in [3.05, 3.63) is 40.0 Å².